The fourth-order valence-corrected chi connectivity index (χ4v) is 3.13. The molecule has 0 atom stereocenters. The van der Waals surface area contributed by atoms with Crippen molar-refractivity contribution in [3.63, 3.8) is 0 Å². The fraction of sp³-hybridized carbons (Fsp3) is 0.611. The van der Waals surface area contributed by atoms with E-state index in [1.165, 1.54) is 30.5 Å². The molecule has 1 saturated carbocycles. The van der Waals surface area contributed by atoms with E-state index in [-0.39, 0.29) is 0 Å². The van der Waals surface area contributed by atoms with Crippen LogP contribution in [-0.4, -0.2) is 50.6 Å². The molecule has 0 bridgehead atoms. The molecule has 4 heteroatoms. The molecule has 0 radical (unpaired) electrons. The maximum absolute atomic E-state index is 4.45. The quantitative estimate of drug-likeness (QED) is 0.684. The van der Waals surface area contributed by atoms with Crippen molar-refractivity contribution in [1.82, 2.24) is 10.2 Å². The summed E-state index contributed by atoms with van der Waals surface area (Å²) < 4.78 is 0. The van der Waals surface area contributed by atoms with Crippen molar-refractivity contribution in [2.24, 2.45) is 10.9 Å². The van der Waals surface area contributed by atoms with Crippen LogP contribution in [0.1, 0.15) is 24.8 Å². The highest BCUT2D eigenvalue weighted by molar-refractivity contribution is 5.80. The van der Waals surface area contributed by atoms with Crippen LogP contribution in [0.5, 0.6) is 0 Å². The normalized spacial score (nSPS) is 19.5. The Kier molecular flexibility index (Phi) is 4.86. The topological polar surface area (TPSA) is 30.9 Å². The Morgan fingerprint density at radius 1 is 1.23 bits per heavy atom. The molecule has 0 unspecified atom stereocenters. The molecule has 120 valence electrons. The zero-order valence-electron chi connectivity index (χ0n) is 13.9. The second-order valence-corrected chi connectivity index (χ2v) is 6.52. The molecule has 2 aliphatic rings. The van der Waals surface area contributed by atoms with Crippen LogP contribution >= 0.6 is 0 Å². The molecule has 1 heterocycles. The van der Waals surface area contributed by atoms with E-state index < -0.39 is 0 Å². The molecule has 1 aliphatic carbocycles. The van der Waals surface area contributed by atoms with Gasteiger partial charge < -0.3 is 15.1 Å². The van der Waals surface area contributed by atoms with Gasteiger partial charge in [0.2, 0.25) is 0 Å². The molecule has 0 amide bonds. The van der Waals surface area contributed by atoms with Crippen LogP contribution in [-0.2, 0) is 0 Å². The maximum Gasteiger partial charge on any atom is 0.193 e. The number of aryl methyl sites for hydroxylation is 1. The highest BCUT2D eigenvalue weighted by Crippen LogP contribution is 2.31. The van der Waals surface area contributed by atoms with Crippen LogP contribution in [0.4, 0.5) is 5.69 Å². The van der Waals surface area contributed by atoms with Crippen molar-refractivity contribution in [1.29, 1.82) is 0 Å². The van der Waals surface area contributed by atoms with Crippen LogP contribution in [0.25, 0.3) is 0 Å². The molecular weight excluding hydrogens is 272 g/mol. The number of aliphatic imine (C=N–C) groups is 1. The van der Waals surface area contributed by atoms with Crippen molar-refractivity contribution in [3.8, 4) is 0 Å². The summed E-state index contributed by atoms with van der Waals surface area (Å²) in [5.74, 6) is 2.05. The summed E-state index contributed by atoms with van der Waals surface area (Å²) in [7, 11) is 1.90. The van der Waals surface area contributed by atoms with E-state index in [9.17, 15) is 0 Å². The van der Waals surface area contributed by atoms with Crippen molar-refractivity contribution >= 4 is 11.6 Å². The summed E-state index contributed by atoms with van der Waals surface area (Å²) in [6.07, 6.45) is 4.15. The number of anilines is 1. The van der Waals surface area contributed by atoms with Gasteiger partial charge in [-0.2, -0.15) is 0 Å². The van der Waals surface area contributed by atoms with Crippen LogP contribution in [0, 0.1) is 12.8 Å². The maximum atomic E-state index is 4.45. The highest BCUT2D eigenvalue weighted by Gasteiger charge is 2.22. The number of benzene rings is 1. The Morgan fingerprint density at radius 2 is 2.00 bits per heavy atom. The lowest BCUT2D eigenvalue weighted by Gasteiger charge is -2.37. The van der Waals surface area contributed by atoms with Gasteiger partial charge in [0.1, 0.15) is 0 Å². The van der Waals surface area contributed by atoms with Crippen molar-refractivity contribution in [3.05, 3.63) is 29.8 Å². The lowest BCUT2D eigenvalue weighted by molar-refractivity contribution is 0.372. The standard InChI is InChI=1S/C18H28N4/c1-15-4-3-5-17(14-15)21-10-12-22(13-11-21)18(19-2)20-9-8-16-6-7-16/h3-5,14,16H,6-13H2,1-2H3,(H,19,20). The Bertz CT molecular complexity index is 514. The van der Waals surface area contributed by atoms with Gasteiger partial charge >= 0.3 is 0 Å². The van der Waals surface area contributed by atoms with E-state index in [4.69, 9.17) is 0 Å². The zero-order chi connectivity index (χ0) is 15.4. The van der Waals surface area contributed by atoms with Gasteiger partial charge in [-0.1, -0.05) is 25.0 Å². The van der Waals surface area contributed by atoms with E-state index in [1.54, 1.807) is 0 Å². The predicted molar refractivity (Wildman–Crippen MR) is 93.7 cm³/mol. The molecule has 22 heavy (non-hydrogen) atoms. The van der Waals surface area contributed by atoms with Crippen LogP contribution in [0.2, 0.25) is 0 Å². The van der Waals surface area contributed by atoms with Gasteiger partial charge in [0.15, 0.2) is 5.96 Å². The molecule has 2 fully saturated rings. The first-order valence-corrected chi connectivity index (χ1v) is 8.53. The predicted octanol–water partition coefficient (Wildman–Crippen LogP) is 2.49. The minimum absolute atomic E-state index is 0.976. The molecule has 4 nitrogen and oxygen atoms in total. The molecule has 0 spiro atoms. The number of guanidine groups is 1. The van der Waals surface area contributed by atoms with Crippen LogP contribution < -0.4 is 10.2 Å². The lowest BCUT2D eigenvalue weighted by atomic mass is 10.2. The van der Waals surface area contributed by atoms with Crippen molar-refractivity contribution in [2.75, 3.05) is 44.7 Å². The van der Waals surface area contributed by atoms with Gasteiger partial charge in [0.05, 0.1) is 0 Å². The van der Waals surface area contributed by atoms with Crippen molar-refractivity contribution < 1.29 is 0 Å². The van der Waals surface area contributed by atoms with Crippen molar-refractivity contribution in [2.45, 2.75) is 26.2 Å². The second-order valence-electron chi connectivity index (χ2n) is 6.52. The largest absolute Gasteiger partial charge is 0.368 e. The summed E-state index contributed by atoms with van der Waals surface area (Å²) >= 11 is 0. The molecule has 1 N–H and O–H groups in total. The summed E-state index contributed by atoms with van der Waals surface area (Å²) in [6.45, 7) is 7.43. The fourth-order valence-electron chi connectivity index (χ4n) is 3.13. The van der Waals surface area contributed by atoms with E-state index >= 15 is 0 Å². The minimum Gasteiger partial charge on any atom is -0.368 e. The van der Waals surface area contributed by atoms with Gasteiger partial charge in [-0.3, -0.25) is 4.99 Å². The first kappa shape index (κ1) is 15.2. The second kappa shape index (κ2) is 7.03. The van der Waals surface area contributed by atoms with E-state index in [0.29, 0.717) is 0 Å². The van der Waals surface area contributed by atoms with Crippen LogP contribution in [0.15, 0.2) is 29.3 Å². The Morgan fingerprint density at radius 3 is 2.64 bits per heavy atom. The lowest BCUT2D eigenvalue weighted by Crippen LogP contribution is -2.52. The third-order valence-corrected chi connectivity index (χ3v) is 4.69. The molecule has 1 aromatic carbocycles. The molecule has 1 saturated heterocycles. The molecular formula is C18H28N4. The van der Waals surface area contributed by atoms with Gasteiger partial charge in [-0.15, -0.1) is 0 Å². The summed E-state index contributed by atoms with van der Waals surface area (Å²) in [6, 6.07) is 8.80. The van der Waals surface area contributed by atoms with E-state index in [2.05, 4.69) is 51.3 Å². The first-order valence-electron chi connectivity index (χ1n) is 8.53. The van der Waals surface area contributed by atoms with Crippen LogP contribution in [0.3, 0.4) is 0 Å². The van der Waals surface area contributed by atoms with Gasteiger partial charge in [0, 0.05) is 45.5 Å². The van der Waals surface area contributed by atoms with Gasteiger partial charge in [-0.25, -0.2) is 0 Å². The monoisotopic (exact) mass is 300 g/mol. The highest BCUT2D eigenvalue weighted by atomic mass is 15.3. The number of hydrogen-bond donors (Lipinski definition) is 1. The summed E-state index contributed by atoms with van der Waals surface area (Å²) in [5.41, 5.74) is 2.67. The average Bonchev–Trinajstić information content (AvgIpc) is 3.36. The third kappa shape index (κ3) is 3.93. The van der Waals surface area contributed by atoms with E-state index in [1.807, 2.05) is 7.05 Å². The Balaban J connectivity index is 1.49. The SMILES string of the molecule is CN=C(NCCC1CC1)N1CCN(c2cccc(C)c2)CC1. The third-order valence-electron chi connectivity index (χ3n) is 4.69. The Hall–Kier alpha value is -1.71. The van der Waals surface area contributed by atoms with E-state index in [0.717, 1.165) is 44.6 Å². The molecule has 3 rings (SSSR count). The zero-order valence-corrected chi connectivity index (χ0v) is 13.9. The summed E-state index contributed by atoms with van der Waals surface area (Å²) in [4.78, 5) is 9.32. The molecule has 1 aliphatic heterocycles. The van der Waals surface area contributed by atoms with Gasteiger partial charge in [0.25, 0.3) is 0 Å². The molecule has 0 aromatic heterocycles. The minimum atomic E-state index is 0.976. The molecule has 1 aromatic rings. The summed E-state index contributed by atoms with van der Waals surface area (Å²) in [5, 5.41) is 3.53. The first-order chi connectivity index (χ1) is 10.8. The van der Waals surface area contributed by atoms with Gasteiger partial charge in [-0.05, 0) is 37.0 Å². The average molecular weight is 300 g/mol. The Labute approximate surface area is 134 Å². The number of rotatable bonds is 4. The number of hydrogen-bond acceptors (Lipinski definition) is 2. The number of nitrogens with one attached hydrogen (secondary N) is 1. The number of nitrogens with zero attached hydrogens (tertiary/aromatic N) is 3. The number of piperazine rings is 1. The smallest absolute Gasteiger partial charge is 0.193 e.